The minimum Gasteiger partial charge on any atom is -0.480 e. The molecule has 1 heterocycles. The molecule has 0 bridgehead atoms. The summed E-state index contributed by atoms with van der Waals surface area (Å²) >= 11 is 0. The van der Waals surface area contributed by atoms with Crippen LogP contribution in [-0.2, 0) is 19.2 Å². The smallest absolute Gasteiger partial charge is 0.326 e. The number of rotatable bonds is 10. The van der Waals surface area contributed by atoms with Crippen molar-refractivity contribution in [3.8, 4) is 0 Å². The molecule has 3 amide bonds. The van der Waals surface area contributed by atoms with Crippen molar-refractivity contribution in [1.29, 1.82) is 0 Å². The van der Waals surface area contributed by atoms with Crippen molar-refractivity contribution < 1.29 is 24.3 Å². The summed E-state index contributed by atoms with van der Waals surface area (Å²) in [6, 6.07) is -2.44. The van der Waals surface area contributed by atoms with Crippen molar-refractivity contribution in [1.82, 2.24) is 15.5 Å². The predicted molar refractivity (Wildman–Crippen MR) is 93.9 cm³/mol. The number of carboxylic acid groups (broad SMARTS) is 1. The summed E-state index contributed by atoms with van der Waals surface area (Å²) in [5, 5.41) is 14.0. The fourth-order valence-electron chi connectivity index (χ4n) is 2.83. The van der Waals surface area contributed by atoms with E-state index in [4.69, 9.17) is 16.6 Å². The first kappa shape index (κ1) is 21.8. The number of likely N-dealkylation sites (tertiary alicyclic amines) is 1. The number of amides is 3. The lowest BCUT2D eigenvalue weighted by atomic mass is 10.1. The molecule has 10 nitrogen and oxygen atoms in total. The number of carbonyl (C=O) groups is 4. The summed E-state index contributed by atoms with van der Waals surface area (Å²) in [5.41, 5.74) is 11.1. The summed E-state index contributed by atoms with van der Waals surface area (Å²) in [5.74, 6) is -2.49. The Morgan fingerprint density at radius 2 is 1.96 bits per heavy atom. The van der Waals surface area contributed by atoms with Gasteiger partial charge in [-0.3, -0.25) is 14.4 Å². The second-order valence-electron chi connectivity index (χ2n) is 6.43. The minimum atomic E-state index is -1.05. The largest absolute Gasteiger partial charge is 0.480 e. The predicted octanol–water partition coefficient (Wildman–Crippen LogP) is -1.86. The van der Waals surface area contributed by atoms with Gasteiger partial charge in [0, 0.05) is 6.54 Å². The molecule has 0 aliphatic carbocycles. The molecule has 1 fully saturated rings. The summed E-state index contributed by atoms with van der Waals surface area (Å²) in [6.07, 6.45) is 2.99. The van der Waals surface area contributed by atoms with Gasteiger partial charge in [0.2, 0.25) is 17.7 Å². The third kappa shape index (κ3) is 6.60. The topological polar surface area (TPSA) is 168 Å². The molecule has 3 unspecified atom stereocenters. The van der Waals surface area contributed by atoms with Crippen LogP contribution in [0.5, 0.6) is 0 Å². The zero-order valence-corrected chi connectivity index (χ0v) is 15.1. The standard InChI is InChI=1S/C16H29N5O5/c1-10(15(24)21-8-4-6-12(21)16(25)26)20-13(22)9-19-14(23)11(18)5-2-3-7-17/h10-12H,2-9,17-18H2,1H3,(H,19,23)(H,20,22)(H,25,26). The lowest BCUT2D eigenvalue weighted by Gasteiger charge is -2.25. The molecule has 1 rings (SSSR count). The van der Waals surface area contributed by atoms with E-state index >= 15 is 0 Å². The third-order valence-corrected chi connectivity index (χ3v) is 4.30. The van der Waals surface area contributed by atoms with E-state index in [1.165, 1.54) is 11.8 Å². The molecule has 148 valence electrons. The first-order valence-electron chi connectivity index (χ1n) is 8.84. The Morgan fingerprint density at radius 1 is 1.27 bits per heavy atom. The van der Waals surface area contributed by atoms with Crippen molar-refractivity contribution in [3.05, 3.63) is 0 Å². The Kier molecular flexibility index (Phi) is 9.00. The Labute approximate surface area is 152 Å². The molecule has 1 aliphatic rings. The van der Waals surface area contributed by atoms with Crippen LogP contribution in [-0.4, -0.2) is 71.5 Å². The summed E-state index contributed by atoms with van der Waals surface area (Å²) < 4.78 is 0. The number of aliphatic carboxylic acids is 1. The number of nitrogens with one attached hydrogen (secondary N) is 2. The van der Waals surface area contributed by atoms with Crippen molar-refractivity contribution in [2.75, 3.05) is 19.6 Å². The highest BCUT2D eigenvalue weighted by Gasteiger charge is 2.36. The van der Waals surface area contributed by atoms with Gasteiger partial charge in [-0.15, -0.1) is 0 Å². The van der Waals surface area contributed by atoms with E-state index in [-0.39, 0.29) is 6.54 Å². The van der Waals surface area contributed by atoms with E-state index in [1.54, 1.807) is 0 Å². The summed E-state index contributed by atoms with van der Waals surface area (Å²) in [4.78, 5) is 48.4. The van der Waals surface area contributed by atoms with Crippen LogP contribution in [0.25, 0.3) is 0 Å². The van der Waals surface area contributed by atoms with Crippen molar-refractivity contribution in [2.24, 2.45) is 11.5 Å². The average molecular weight is 371 g/mol. The molecule has 1 aliphatic heterocycles. The minimum absolute atomic E-state index is 0.302. The first-order chi connectivity index (χ1) is 12.3. The molecule has 0 spiro atoms. The summed E-state index contributed by atoms with van der Waals surface area (Å²) in [6.45, 7) is 2.06. The lowest BCUT2D eigenvalue weighted by Crippen LogP contribution is -2.52. The van der Waals surface area contributed by atoms with Crippen LogP contribution in [0.3, 0.4) is 0 Å². The number of carbonyl (C=O) groups excluding carboxylic acids is 3. The highest BCUT2D eigenvalue weighted by molar-refractivity contribution is 5.92. The van der Waals surface area contributed by atoms with Crippen molar-refractivity contribution >= 4 is 23.7 Å². The monoisotopic (exact) mass is 371 g/mol. The van der Waals surface area contributed by atoms with Gasteiger partial charge < -0.3 is 32.1 Å². The van der Waals surface area contributed by atoms with Crippen LogP contribution in [0.1, 0.15) is 39.0 Å². The average Bonchev–Trinajstić information content (AvgIpc) is 3.08. The molecular weight excluding hydrogens is 342 g/mol. The molecule has 10 heteroatoms. The molecule has 0 aromatic heterocycles. The Balaban J connectivity index is 2.38. The lowest BCUT2D eigenvalue weighted by molar-refractivity contribution is -0.149. The number of hydrogen-bond donors (Lipinski definition) is 5. The number of unbranched alkanes of at least 4 members (excludes halogenated alkanes) is 1. The van der Waals surface area contributed by atoms with Crippen LogP contribution in [0.2, 0.25) is 0 Å². The Bertz CT molecular complexity index is 527. The van der Waals surface area contributed by atoms with E-state index in [9.17, 15) is 19.2 Å². The fourth-order valence-corrected chi connectivity index (χ4v) is 2.83. The third-order valence-electron chi connectivity index (χ3n) is 4.30. The van der Waals surface area contributed by atoms with Gasteiger partial charge in [-0.05, 0) is 39.2 Å². The van der Waals surface area contributed by atoms with Gasteiger partial charge in [0.15, 0.2) is 0 Å². The number of carboxylic acids is 1. The van der Waals surface area contributed by atoms with E-state index in [2.05, 4.69) is 10.6 Å². The van der Waals surface area contributed by atoms with Gasteiger partial charge in [0.25, 0.3) is 0 Å². The SMILES string of the molecule is CC(NC(=O)CNC(=O)C(N)CCCCN)C(=O)N1CCCC1C(=O)O. The number of nitrogens with two attached hydrogens (primary N) is 2. The van der Waals surface area contributed by atoms with Crippen LogP contribution in [0.15, 0.2) is 0 Å². The molecule has 0 aromatic rings. The highest BCUT2D eigenvalue weighted by atomic mass is 16.4. The van der Waals surface area contributed by atoms with Gasteiger partial charge >= 0.3 is 5.97 Å². The van der Waals surface area contributed by atoms with Crippen molar-refractivity contribution in [2.45, 2.75) is 57.2 Å². The normalized spacial score (nSPS) is 18.9. The molecule has 0 saturated carbocycles. The number of hydrogen-bond acceptors (Lipinski definition) is 6. The fraction of sp³-hybridized carbons (Fsp3) is 0.750. The maximum absolute atomic E-state index is 12.3. The van der Waals surface area contributed by atoms with Gasteiger partial charge in [0.1, 0.15) is 12.1 Å². The van der Waals surface area contributed by atoms with E-state index in [1.807, 2.05) is 0 Å². The summed E-state index contributed by atoms with van der Waals surface area (Å²) in [7, 11) is 0. The molecule has 1 saturated heterocycles. The highest BCUT2D eigenvalue weighted by Crippen LogP contribution is 2.18. The van der Waals surface area contributed by atoms with Gasteiger partial charge in [-0.1, -0.05) is 6.42 Å². The Hall–Kier alpha value is -2.20. The van der Waals surface area contributed by atoms with E-state index in [0.717, 1.165) is 12.8 Å². The molecule has 7 N–H and O–H groups in total. The van der Waals surface area contributed by atoms with Crippen molar-refractivity contribution in [3.63, 3.8) is 0 Å². The quantitative estimate of drug-likeness (QED) is 0.280. The molecule has 0 aromatic carbocycles. The second-order valence-corrected chi connectivity index (χ2v) is 6.43. The maximum atomic E-state index is 12.3. The van der Waals surface area contributed by atoms with Crippen LogP contribution in [0, 0.1) is 0 Å². The van der Waals surface area contributed by atoms with Gasteiger partial charge in [0.05, 0.1) is 12.6 Å². The van der Waals surface area contributed by atoms with Gasteiger partial charge in [-0.2, -0.15) is 0 Å². The van der Waals surface area contributed by atoms with E-state index in [0.29, 0.717) is 32.4 Å². The molecule has 26 heavy (non-hydrogen) atoms. The zero-order valence-electron chi connectivity index (χ0n) is 15.1. The maximum Gasteiger partial charge on any atom is 0.326 e. The van der Waals surface area contributed by atoms with E-state index < -0.39 is 41.8 Å². The first-order valence-corrected chi connectivity index (χ1v) is 8.84. The Morgan fingerprint density at radius 3 is 2.58 bits per heavy atom. The van der Waals surface area contributed by atoms with Crippen LogP contribution < -0.4 is 22.1 Å². The van der Waals surface area contributed by atoms with Crippen LogP contribution >= 0.6 is 0 Å². The second kappa shape index (κ2) is 10.7. The van der Waals surface area contributed by atoms with Crippen LogP contribution in [0.4, 0.5) is 0 Å². The van der Waals surface area contributed by atoms with Gasteiger partial charge in [-0.25, -0.2) is 4.79 Å². The zero-order chi connectivity index (χ0) is 19.7. The molecule has 0 radical (unpaired) electrons. The molecular formula is C16H29N5O5. The molecule has 3 atom stereocenters. The number of nitrogens with zero attached hydrogens (tertiary/aromatic N) is 1.